The summed E-state index contributed by atoms with van der Waals surface area (Å²) in [5.41, 5.74) is 6.28. The lowest BCUT2D eigenvalue weighted by molar-refractivity contribution is 0.625. The first-order valence-electron chi connectivity index (χ1n) is 3.33. The molecule has 11 heavy (non-hydrogen) atoms. The summed E-state index contributed by atoms with van der Waals surface area (Å²) >= 11 is 1.52. The molecule has 0 heterocycles. The van der Waals surface area contributed by atoms with Crippen LogP contribution in [0, 0.1) is 12.7 Å². The fourth-order valence-electron chi connectivity index (χ4n) is 0.865. The number of hydrogen-bond donors (Lipinski definition) is 1. The van der Waals surface area contributed by atoms with Crippen LogP contribution in [0.1, 0.15) is 5.56 Å². The molecule has 1 aromatic carbocycles. The van der Waals surface area contributed by atoms with Crippen LogP contribution in [0.5, 0.6) is 0 Å². The Balaban J connectivity index is 2.90. The molecule has 0 spiro atoms. The van der Waals surface area contributed by atoms with Gasteiger partial charge in [-0.2, -0.15) is 0 Å². The Morgan fingerprint density at radius 3 is 2.82 bits per heavy atom. The molecule has 0 aliphatic rings. The molecule has 0 saturated heterocycles. The van der Waals surface area contributed by atoms with E-state index in [9.17, 15) is 4.39 Å². The molecule has 1 aromatic rings. The molecule has 3 heteroatoms. The Labute approximate surface area is 69.8 Å². The molecule has 1 rings (SSSR count). The maximum Gasteiger partial charge on any atom is 0.123 e. The normalized spacial score (nSPS) is 10.1. The van der Waals surface area contributed by atoms with Gasteiger partial charge in [-0.1, -0.05) is 0 Å². The van der Waals surface area contributed by atoms with E-state index < -0.39 is 0 Å². The van der Waals surface area contributed by atoms with E-state index >= 15 is 0 Å². The number of hydrogen-bond acceptors (Lipinski definition) is 2. The van der Waals surface area contributed by atoms with E-state index in [1.165, 1.54) is 23.9 Å². The third kappa shape index (κ3) is 2.20. The average Bonchev–Trinajstić information content (AvgIpc) is 1.95. The molecule has 0 bridgehead atoms. The molecule has 0 saturated carbocycles. The minimum Gasteiger partial charge on any atom is -0.322 e. The number of benzene rings is 1. The highest BCUT2D eigenvalue weighted by Crippen LogP contribution is 2.20. The van der Waals surface area contributed by atoms with Gasteiger partial charge in [0.25, 0.3) is 0 Å². The number of thioether (sulfide) groups is 1. The highest BCUT2D eigenvalue weighted by molar-refractivity contribution is 7.99. The topological polar surface area (TPSA) is 26.0 Å². The number of halogens is 1. The molecule has 60 valence electrons. The Morgan fingerprint density at radius 1 is 1.55 bits per heavy atom. The van der Waals surface area contributed by atoms with E-state index in [1.807, 2.05) is 6.92 Å². The van der Waals surface area contributed by atoms with Crippen molar-refractivity contribution in [3.05, 3.63) is 29.6 Å². The summed E-state index contributed by atoms with van der Waals surface area (Å²) in [6.07, 6.45) is 0. The number of rotatable bonds is 2. The van der Waals surface area contributed by atoms with Gasteiger partial charge in [0.1, 0.15) is 5.82 Å². The fraction of sp³-hybridized carbons (Fsp3) is 0.250. The summed E-state index contributed by atoms with van der Waals surface area (Å²) in [6.45, 7) is 1.88. The average molecular weight is 171 g/mol. The molecule has 0 aromatic heterocycles. The zero-order chi connectivity index (χ0) is 8.27. The lowest BCUT2D eigenvalue weighted by Gasteiger charge is -2.01. The van der Waals surface area contributed by atoms with Crippen LogP contribution in [0.4, 0.5) is 4.39 Å². The fourth-order valence-corrected chi connectivity index (χ4v) is 1.49. The Hall–Kier alpha value is -0.540. The summed E-state index contributed by atoms with van der Waals surface area (Å²) in [7, 11) is 0. The van der Waals surface area contributed by atoms with Crippen molar-refractivity contribution in [2.75, 3.05) is 5.88 Å². The Morgan fingerprint density at radius 2 is 2.27 bits per heavy atom. The lowest BCUT2D eigenvalue weighted by Crippen LogP contribution is -1.93. The van der Waals surface area contributed by atoms with Crippen LogP contribution in [-0.2, 0) is 0 Å². The molecule has 0 amide bonds. The zero-order valence-electron chi connectivity index (χ0n) is 6.30. The largest absolute Gasteiger partial charge is 0.322 e. The summed E-state index contributed by atoms with van der Waals surface area (Å²) < 4.78 is 12.5. The van der Waals surface area contributed by atoms with Crippen molar-refractivity contribution >= 4 is 11.8 Å². The molecule has 2 N–H and O–H groups in total. The standard InChI is InChI=1S/C8H10FNS/c1-6-4-7(9)2-3-8(6)11-5-10/h2-4H,5,10H2,1H3. The van der Waals surface area contributed by atoms with Gasteiger partial charge in [0.15, 0.2) is 0 Å². The smallest absolute Gasteiger partial charge is 0.123 e. The third-order valence-corrected chi connectivity index (χ3v) is 2.31. The van der Waals surface area contributed by atoms with Gasteiger partial charge >= 0.3 is 0 Å². The zero-order valence-corrected chi connectivity index (χ0v) is 7.12. The minimum absolute atomic E-state index is 0.191. The van der Waals surface area contributed by atoms with Crippen LogP contribution in [0.15, 0.2) is 23.1 Å². The maximum absolute atomic E-state index is 12.5. The van der Waals surface area contributed by atoms with Gasteiger partial charge in [-0.3, -0.25) is 0 Å². The second-order valence-electron chi connectivity index (χ2n) is 2.22. The van der Waals surface area contributed by atoms with Crippen LogP contribution >= 0.6 is 11.8 Å². The molecule has 1 nitrogen and oxygen atoms in total. The van der Waals surface area contributed by atoms with Crippen LogP contribution in [0.25, 0.3) is 0 Å². The second-order valence-corrected chi connectivity index (χ2v) is 3.28. The molecule has 0 atom stereocenters. The van der Waals surface area contributed by atoms with Gasteiger partial charge in [0.2, 0.25) is 0 Å². The van der Waals surface area contributed by atoms with Gasteiger partial charge in [0, 0.05) is 10.8 Å². The van der Waals surface area contributed by atoms with Crippen molar-refractivity contribution in [1.29, 1.82) is 0 Å². The summed E-state index contributed by atoms with van der Waals surface area (Å²) in [5, 5.41) is 0. The predicted octanol–water partition coefficient (Wildman–Crippen LogP) is 2.14. The summed E-state index contributed by atoms with van der Waals surface area (Å²) in [6, 6.07) is 4.71. The second kappa shape index (κ2) is 3.74. The van der Waals surface area contributed by atoms with Crippen molar-refractivity contribution in [1.82, 2.24) is 0 Å². The van der Waals surface area contributed by atoms with E-state index in [2.05, 4.69) is 0 Å². The highest BCUT2D eigenvalue weighted by Gasteiger charge is 1.98. The van der Waals surface area contributed by atoms with Crippen LogP contribution < -0.4 is 5.73 Å². The monoisotopic (exact) mass is 171 g/mol. The Bertz CT molecular complexity index is 250. The summed E-state index contributed by atoms with van der Waals surface area (Å²) in [4.78, 5) is 1.05. The molecule has 0 aliphatic heterocycles. The number of nitrogens with two attached hydrogens (primary N) is 1. The molecule has 0 radical (unpaired) electrons. The van der Waals surface area contributed by atoms with Gasteiger partial charge in [0.05, 0.1) is 0 Å². The SMILES string of the molecule is Cc1cc(F)ccc1SCN. The van der Waals surface area contributed by atoms with E-state index in [-0.39, 0.29) is 5.82 Å². The summed E-state index contributed by atoms with van der Waals surface area (Å²) in [5.74, 6) is 0.343. The quantitative estimate of drug-likeness (QED) is 0.545. The van der Waals surface area contributed by atoms with Gasteiger partial charge in [-0.05, 0) is 30.7 Å². The van der Waals surface area contributed by atoms with Crippen LogP contribution in [0.2, 0.25) is 0 Å². The van der Waals surface area contributed by atoms with E-state index in [4.69, 9.17) is 5.73 Å². The third-order valence-electron chi connectivity index (χ3n) is 1.38. The first-order valence-corrected chi connectivity index (χ1v) is 4.31. The molecule has 0 fully saturated rings. The van der Waals surface area contributed by atoms with E-state index in [0.717, 1.165) is 10.5 Å². The molecule has 0 aliphatic carbocycles. The van der Waals surface area contributed by atoms with Crippen molar-refractivity contribution < 1.29 is 4.39 Å². The van der Waals surface area contributed by atoms with Gasteiger partial charge in [-0.15, -0.1) is 11.8 Å². The van der Waals surface area contributed by atoms with Gasteiger partial charge < -0.3 is 5.73 Å². The van der Waals surface area contributed by atoms with Crippen molar-refractivity contribution in [2.45, 2.75) is 11.8 Å². The minimum atomic E-state index is -0.191. The maximum atomic E-state index is 12.5. The van der Waals surface area contributed by atoms with Crippen molar-refractivity contribution in [3.63, 3.8) is 0 Å². The Kier molecular flexibility index (Phi) is 2.91. The van der Waals surface area contributed by atoms with Gasteiger partial charge in [-0.25, -0.2) is 4.39 Å². The highest BCUT2D eigenvalue weighted by atomic mass is 32.2. The van der Waals surface area contributed by atoms with Crippen molar-refractivity contribution in [2.24, 2.45) is 5.73 Å². The molecule has 0 unspecified atom stereocenters. The lowest BCUT2D eigenvalue weighted by atomic mass is 10.2. The first-order chi connectivity index (χ1) is 5.24. The predicted molar refractivity (Wildman–Crippen MR) is 46.0 cm³/mol. The number of aryl methyl sites for hydroxylation is 1. The molecular weight excluding hydrogens is 161 g/mol. The van der Waals surface area contributed by atoms with Crippen LogP contribution in [-0.4, -0.2) is 5.88 Å². The van der Waals surface area contributed by atoms with E-state index in [1.54, 1.807) is 6.07 Å². The van der Waals surface area contributed by atoms with E-state index in [0.29, 0.717) is 5.88 Å². The first kappa shape index (κ1) is 8.56. The van der Waals surface area contributed by atoms with Crippen molar-refractivity contribution in [3.8, 4) is 0 Å². The molecular formula is C8H10FNS. The van der Waals surface area contributed by atoms with Crippen LogP contribution in [0.3, 0.4) is 0 Å².